The maximum atomic E-state index is 12.6. The van der Waals surface area contributed by atoms with Crippen molar-refractivity contribution in [3.63, 3.8) is 0 Å². The van der Waals surface area contributed by atoms with E-state index in [9.17, 15) is 4.79 Å². The molecule has 3 aromatic carbocycles. The minimum atomic E-state index is 0.0974. The van der Waals surface area contributed by atoms with Crippen molar-refractivity contribution >= 4 is 44.5 Å². The van der Waals surface area contributed by atoms with Crippen LogP contribution in [0.2, 0.25) is 0 Å². The Labute approximate surface area is 265 Å². The molecule has 0 saturated carbocycles. The van der Waals surface area contributed by atoms with E-state index in [1.807, 2.05) is 39.8 Å². The fraction of sp³-hybridized carbons (Fsp3) is 0.316. The van der Waals surface area contributed by atoms with Crippen molar-refractivity contribution in [2.24, 2.45) is 4.99 Å². The lowest BCUT2D eigenvalue weighted by molar-refractivity contribution is -0.116. The fourth-order valence-corrected chi connectivity index (χ4v) is 8.46. The van der Waals surface area contributed by atoms with Gasteiger partial charge in [-0.05, 0) is 83.4 Å². The lowest BCUT2D eigenvalue weighted by Gasteiger charge is -2.15. The first-order chi connectivity index (χ1) is 21.2. The summed E-state index contributed by atoms with van der Waals surface area (Å²) in [5, 5.41) is 3.88. The van der Waals surface area contributed by atoms with Crippen molar-refractivity contribution in [3.8, 4) is 11.1 Å². The largest absolute Gasteiger partial charge is 0.326 e. The number of amides is 1. The van der Waals surface area contributed by atoms with E-state index in [1.165, 1.54) is 42.6 Å². The van der Waals surface area contributed by atoms with Gasteiger partial charge in [0.05, 0.1) is 5.71 Å². The Morgan fingerprint density at radius 2 is 1.51 bits per heavy atom. The molecule has 1 N–H and O–H groups in total. The van der Waals surface area contributed by atoms with Gasteiger partial charge in [-0.1, -0.05) is 127 Å². The molecule has 5 heteroatoms. The Bertz CT molecular complexity index is 1430. The average Bonchev–Trinajstić information content (AvgIpc) is 3.58. The summed E-state index contributed by atoms with van der Waals surface area (Å²) in [5.74, 6) is 1.37. The number of carbonyl (C=O) groups excluding carboxylic acids is 1. The van der Waals surface area contributed by atoms with Crippen LogP contribution in [0.5, 0.6) is 0 Å². The van der Waals surface area contributed by atoms with Crippen LogP contribution >= 0.6 is 21.6 Å². The van der Waals surface area contributed by atoms with E-state index >= 15 is 0 Å². The van der Waals surface area contributed by atoms with Crippen LogP contribution in [-0.4, -0.2) is 29.2 Å². The number of hydrogen-bond acceptors (Lipinski definition) is 4. The topological polar surface area (TPSA) is 41.5 Å². The van der Waals surface area contributed by atoms with Gasteiger partial charge in [-0.3, -0.25) is 9.79 Å². The highest BCUT2D eigenvalue weighted by Crippen LogP contribution is 2.40. The monoisotopic (exact) mass is 606 g/mol. The molecule has 0 bridgehead atoms. The molecule has 0 spiro atoms. The van der Waals surface area contributed by atoms with Crippen molar-refractivity contribution in [2.45, 2.75) is 63.5 Å². The van der Waals surface area contributed by atoms with Gasteiger partial charge in [-0.25, -0.2) is 0 Å². The number of unbranched alkanes of at least 4 members (excludes halogenated alkanes) is 3. The number of rotatable bonds is 13. The predicted octanol–water partition coefficient (Wildman–Crippen LogP) is 10.6. The summed E-state index contributed by atoms with van der Waals surface area (Å²) in [7, 11) is 4.00. The number of allylic oxidation sites excluding steroid dienone is 5. The molecule has 1 aliphatic carbocycles. The lowest BCUT2D eigenvalue weighted by Crippen LogP contribution is -2.11. The first-order valence-corrected chi connectivity index (χ1v) is 18.1. The SMILES string of the molecule is CCCCCN=C1C=CC(=C(c2ccc(NC(=O)CCCCC3CCSS3)cc2)c2ccc(-c3ccccc3)cc2)C=C1. The predicted molar refractivity (Wildman–Crippen MR) is 190 cm³/mol. The normalized spacial score (nSPS) is 16.0. The van der Waals surface area contributed by atoms with Crippen LogP contribution in [0.3, 0.4) is 0 Å². The van der Waals surface area contributed by atoms with E-state index in [-0.39, 0.29) is 5.91 Å². The third-order valence-electron chi connectivity index (χ3n) is 7.86. The average molecular weight is 607 g/mol. The molecule has 222 valence electrons. The Balaban J connectivity index is 1.31. The van der Waals surface area contributed by atoms with Crippen molar-refractivity contribution < 1.29 is 4.79 Å². The molecule has 1 heterocycles. The standard InChI is InChI=1S/C38H42N2OS2/c1-2-3-9-27-39-34-22-18-32(19-23-34)38(31-16-14-30(15-17-31)29-10-5-4-6-11-29)33-20-24-35(25-21-33)40-37(41)13-8-7-12-36-26-28-42-43-36/h4-6,10-11,14-25,36H,2-3,7-9,12-13,26-28H2,1H3,(H,40,41). The van der Waals surface area contributed by atoms with Crippen molar-refractivity contribution in [1.82, 2.24) is 0 Å². The molecular formula is C38H42N2OS2. The number of nitrogens with one attached hydrogen (secondary N) is 1. The molecule has 1 atom stereocenters. The summed E-state index contributed by atoms with van der Waals surface area (Å²) in [6, 6.07) is 27.6. The minimum Gasteiger partial charge on any atom is -0.326 e. The van der Waals surface area contributed by atoms with Crippen molar-refractivity contribution in [3.05, 3.63) is 120 Å². The first-order valence-electron chi connectivity index (χ1n) is 15.7. The lowest BCUT2D eigenvalue weighted by atomic mass is 9.90. The summed E-state index contributed by atoms with van der Waals surface area (Å²) in [6.45, 7) is 3.09. The zero-order chi connectivity index (χ0) is 29.7. The van der Waals surface area contributed by atoms with E-state index in [0.717, 1.165) is 64.7 Å². The number of anilines is 1. The Hall–Kier alpha value is -3.28. The smallest absolute Gasteiger partial charge is 0.224 e. The van der Waals surface area contributed by atoms with Crippen LogP contribution in [0.15, 0.2) is 114 Å². The van der Waals surface area contributed by atoms with Crippen LogP contribution in [0.25, 0.3) is 16.7 Å². The molecule has 1 saturated heterocycles. The number of hydrogen-bond donors (Lipinski definition) is 1. The molecule has 5 rings (SSSR count). The second-order valence-electron chi connectivity index (χ2n) is 11.2. The van der Waals surface area contributed by atoms with E-state index < -0.39 is 0 Å². The van der Waals surface area contributed by atoms with E-state index in [4.69, 9.17) is 4.99 Å². The maximum absolute atomic E-state index is 12.6. The molecule has 3 nitrogen and oxygen atoms in total. The highest BCUT2D eigenvalue weighted by Gasteiger charge is 2.16. The highest BCUT2D eigenvalue weighted by molar-refractivity contribution is 8.77. The maximum Gasteiger partial charge on any atom is 0.224 e. The Morgan fingerprint density at radius 1 is 0.814 bits per heavy atom. The van der Waals surface area contributed by atoms with Gasteiger partial charge < -0.3 is 5.32 Å². The molecule has 1 aliphatic heterocycles. The Morgan fingerprint density at radius 3 is 2.19 bits per heavy atom. The van der Waals surface area contributed by atoms with Crippen molar-refractivity contribution in [2.75, 3.05) is 17.6 Å². The molecule has 3 aromatic rings. The summed E-state index contributed by atoms with van der Waals surface area (Å²) >= 11 is 0. The second kappa shape index (κ2) is 16.5. The molecular weight excluding hydrogens is 565 g/mol. The van der Waals surface area contributed by atoms with E-state index in [1.54, 1.807) is 0 Å². The molecule has 1 amide bonds. The number of carbonyl (C=O) groups is 1. The van der Waals surface area contributed by atoms with Gasteiger partial charge in [0.1, 0.15) is 0 Å². The van der Waals surface area contributed by atoms with Gasteiger partial charge in [-0.2, -0.15) is 0 Å². The van der Waals surface area contributed by atoms with Gasteiger partial charge in [0.15, 0.2) is 0 Å². The highest BCUT2D eigenvalue weighted by atomic mass is 33.1. The first kappa shape index (κ1) is 31.2. The van der Waals surface area contributed by atoms with Crippen LogP contribution in [0, 0.1) is 0 Å². The van der Waals surface area contributed by atoms with Crippen molar-refractivity contribution in [1.29, 1.82) is 0 Å². The van der Waals surface area contributed by atoms with Crippen LogP contribution < -0.4 is 5.32 Å². The summed E-state index contributed by atoms with van der Waals surface area (Å²) in [4.78, 5) is 17.4. The zero-order valence-corrected chi connectivity index (χ0v) is 26.8. The molecule has 2 aliphatic rings. The number of nitrogens with zero attached hydrogens (tertiary/aromatic N) is 1. The fourth-order valence-electron chi connectivity index (χ4n) is 5.43. The summed E-state index contributed by atoms with van der Waals surface area (Å²) in [6.07, 6.45) is 17.3. The van der Waals surface area contributed by atoms with Gasteiger partial charge in [-0.15, -0.1) is 0 Å². The second-order valence-corrected chi connectivity index (χ2v) is 13.9. The van der Waals surface area contributed by atoms with E-state index in [2.05, 4.69) is 97.2 Å². The van der Waals surface area contributed by atoms with Crippen LogP contribution in [-0.2, 0) is 4.79 Å². The van der Waals surface area contributed by atoms with Crippen LogP contribution in [0.4, 0.5) is 5.69 Å². The summed E-state index contributed by atoms with van der Waals surface area (Å²) in [5.41, 5.74) is 8.86. The van der Waals surface area contributed by atoms with Crippen LogP contribution in [0.1, 0.15) is 69.4 Å². The molecule has 1 unspecified atom stereocenters. The molecule has 43 heavy (non-hydrogen) atoms. The zero-order valence-electron chi connectivity index (χ0n) is 25.1. The molecule has 0 radical (unpaired) electrons. The minimum absolute atomic E-state index is 0.0974. The molecule has 1 fully saturated rings. The quantitative estimate of drug-likeness (QED) is 0.155. The number of benzene rings is 3. The van der Waals surface area contributed by atoms with Gasteiger partial charge >= 0.3 is 0 Å². The van der Waals surface area contributed by atoms with Gasteiger partial charge in [0, 0.05) is 29.7 Å². The van der Waals surface area contributed by atoms with Gasteiger partial charge in [0.25, 0.3) is 0 Å². The third kappa shape index (κ3) is 9.35. The summed E-state index contributed by atoms with van der Waals surface area (Å²) < 4.78 is 0. The number of aliphatic imine (C=N–C) groups is 1. The third-order valence-corrected chi connectivity index (χ3v) is 10.9. The van der Waals surface area contributed by atoms with Gasteiger partial charge in [0.2, 0.25) is 5.91 Å². The molecule has 0 aromatic heterocycles. The Kier molecular flexibility index (Phi) is 12.0. The van der Waals surface area contributed by atoms with E-state index in [0.29, 0.717) is 6.42 Å².